The molecule has 1 fully saturated rings. The molecule has 1 saturated heterocycles. The molecule has 9 heteroatoms. The van der Waals surface area contributed by atoms with Gasteiger partial charge >= 0.3 is 5.69 Å². The van der Waals surface area contributed by atoms with Crippen LogP contribution in [0.15, 0.2) is 17.1 Å². The summed E-state index contributed by atoms with van der Waals surface area (Å²) in [4.78, 5) is 14.9. The molecule has 4 atom stereocenters. The van der Waals surface area contributed by atoms with Gasteiger partial charge < -0.3 is 20.7 Å². The van der Waals surface area contributed by atoms with Crippen LogP contribution in [0, 0.1) is 0 Å². The van der Waals surface area contributed by atoms with Crippen molar-refractivity contribution >= 4 is 5.82 Å². The summed E-state index contributed by atoms with van der Waals surface area (Å²) in [5, 5.41) is 18.5. The second-order valence-electron chi connectivity index (χ2n) is 4.05. The number of hydrogen-bond donors (Lipinski definition) is 4. The highest BCUT2D eigenvalue weighted by molar-refractivity contribution is 5.23. The molecule has 1 aliphatic rings. The SMILES string of the molecule is Nc1ccn([C@@H]2O[C@](N)(CO)[C@@H](O)[C@@H]2F)c(=O)n1. The minimum atomic E-state index is -1.97. The number of anilines is 1. The Hall–Kier alpha value is -1.55. The van der Waals surface area contributed by atoms with Gasteiger partial charge in [0.1, 0.15) is 11.9 Å². The standard InChI is InChI=1S/C9H13FN4O4/c10-5-6(16)9(12,3-15)18-7(5)14-2-1-4(11)13-8(14)17/h1-2,5-7,15-16H,3,12H2,(H2,11,13,17)/t5-,6-,7+,9+/m0/s1. The molecule has 0 spiro atoms. The summed E-state index contributed by atoms with van der Waals surface area (Å²) in [6, 6.07) is 1.28. The maximum Gasteiger partial charge on any atom is 0.351 e. The molecule has 0 aromatic carbocycles. The molecule has 1 aromatic heterocycles. The third-order valence-electron chi connectivity index (χ3n) is 2.79. The lowest BCUT2D eigenvalue weighted by Gasteiger charge is -2.24. The maximum absolute atomic E-state index is 13.8. The zero-order valence-electron chi connectivity index (χ0n) is 9.23. The molecule has 0 amide bonds. The van der Waals surface area contributed by atoms with Crippen molar-refractivity contribution in [2.45, 2.75) is 24.2 Å². The van der Waals surface area contributed by atoms with E-state index in [1.165, 1.54) is 12.3 Å². The number of halogens is 1. The maximum atomic E-state index is 13.8. The molecular weight excluding hydrogens is 247 g/mol. The zero-order valence-corrected chi connectivity index (χ0v) is 9.23. The van der Waals surface area contributed by atoms with Crippen molar-refractivity contribution in [1.29, 1.82) is 0 Å². The zero-order chi connectivity index (χ0) is 13.5. The number of nitrogens with two attached hydrogens (primary N) is 2. The number of aliphatic hydroxyl groups excluding tert-OH is 2. The quantitative estimate of drug-likeness (QED) is 0.469. The average molecular weight is 260 g/mol. The van der Waals surface area contributed by atoms with E-state index in [-0.39, 0.29) is 5.82 Å². The molecule has 6 N–H and O–H groups in total. The summed E-state index contributed by atoms with van der Waals surface area (Å²) in [7, 11) is 0. The molecule has 18 heavy (non-hydrogen) atoms. The van der Waals surface area contributed by atoms with E-state index in [0.29, 0.717) is 0 Å². The van der Waals surface area contributed by atoms with Crippen LogP contribution in [0.3, 0.4) is 0 Å². The molecule has 0 radical (unpaired) electrons. The lowest BCUT2D eigenvalue weighted by molar-refractivity contribution is -0.125. The van der Waals surface area contributed by atoms with Gasteiger partial charge in [0.2, 0.25) is 0 Å². The predicted molar refractivity (Wildman–Crippen MR) is 57.9 cm³/mol. The molecule has 1 aliphatic heterocycles. The van der Waals surface area contributed by atoms with Crippen LogP contribution in [0.25, 0.3) is 0 Å². The molecule has 2 rings (SSSR count). The van der Waals surface area contributed by atoms with Crippen molar-refractivity contribution in [3.8, 4) is 0 Å². The molecule has 2 heterocycles. The first-order chi connectivity index (χ1) is 8.39. The molecule has 0 bridgehead atoms. The molecule has 1 aromatic rings. The lowest BCUT2D eigenvalue weighted by Crippen LogP contribution is -2.53. The number of aromatic nitrogens is 2. The number of rotatable bonds is 2. The van der Waals surface area contributed by atoms with E-state index < -0.39 is 36.5 Å². The van der Waals surface area contributed by atoms with Crippen molar-refractivity contribution in [2.24, 2.45) is 5.73 Å². The molecule has 0 aliphatic carbocycles. The Kier molecular flexibility index (Phi) is 3.07. The second-order valence-corrected chi connectivity index (χ2v) is 4.05. The van der Waals surface area contributed by atoms with Gasteiger partial charge in [-0.2, -0.15) is 4.98 Å². The van der Waals surface area contributed by atoms with E-state index in [4.69, 9.17) is 21.3 Å². The van der Waals surface area contributed by atoms with Gasteiger partial charge in [0.15, 0.2) is 18.1 Å². The highest BCUT2D eigenvalue weighted by Crippen LogP contribution is 2.34. The number of hydrogen-bond acceptors (Lipinski definition) is 7. The van der Waals surface area contributed by atoms with Crippen LogP contribution in [0.4, 0.5) is 10.2 Å². The number of aliphatic hydroxyl groups is 2. The van der Waals surface area contributed by atoms with Crippen molar-refractivity contribution in [2.75, 3.05) is 12.3 Å². The number of alkyl halides is 1. The Bertz CT molecular complexity index is 510. The van der Waals surface area contributed by atoms with Gasteiger partial charge in [0, 0.05) is 6.20 Å². The summed E-state index contributed by atoms with van der Waals surface area (Å²) >= 11 is 0. The van der Waals surface area contributed by atoms with Crippen LogP contribution < -0.4 is 17.2 Å². The van der Waals surface area contributed by atoms with Gasteiger partial charge in [-0.25, -0.2) is 9.18 Å². The topological polar surface area (TPSA) is 137 Å². The van der Waals surface area contributed by atoms with Crippen molar-refractivity contribution in [3.63, 3.8) is 0 Å². The number of nitrogen functional groups attached to an aromatic ring is 1. The Morgan fingerprint density at radius 3 is 2.83 bits per heavy atom. The highest BCUT2D eigenvalue weighted by atomic mass is 19.1. The van der Waals surface area contributed by atoms with E-state index in [2.05, 4.69) is 4.98 Å². The summed E-state index contributed by atoms with van der Waals surface area (Å²) in [6.45, 7) is -0.789. The van der Waals surface area contributed by atoms with Crippen LogP contribution >= 0.6 is 0 Å². The van der Waals surface area contributed by atoms with Crippen LogP contribution in [0.1, 0.15) is 6.23 Å². The first-order valence-electron chi connectivity index (χ1n) is 5.13. The first kappa shape index (κ1) is 12.9. The van der Waals surface area contributed by atoms with Gasteiger partial charge in [0.05, 0.1) is 6.61 Å². The normalized spacial score (nSPS) is 35.9. The van der Waals surface area contributed by atoms with Crippen LogP contribution in [-0.4, -0.2) is 44.4 Å². The smallest absolute Gasteiger partial charge is 0.351 e. The molecular formula is C9H13FN4O4. The van der Waals surface area contributed by atoms with E-state index >= 15 is 0 Å². The summed E-state index contributed by atoms with van der Waals surface area (Å²) < 4.78 is 19.7. The molecule has 8 nitrogen and oxygen atoms in total. The molecule has 100 valence electrons. The van der Waals surface area contributed by atoms with E-state index in [0.717, 1.165) is 4.57 Å². The van der Waals surface area contributed by atoms with Crippen molar-refractivity contribution < 1.29 is 19.3 Å². The van der Waals surface area contributed by atoms with Crippen molar-refractivity contribution in [1.82, 2.24) is 9.55 Å². The fourth-order valence-corrected chi connectivity index (χ4v) is 1.75. The number of ether oxygens (including phenoxy) is 1. The fourth-order valence-electron chi connectivity index (χ4n) is 1.75. The monoisotopic (exact) mass is 260 g/mol. The Morgan fingerprint density at radius 1 is 1.67 bits per heavy atom. The largest absolute Gasteiger partial charge is 0.392 e. The Morgan fingerprint density at radius 2 is 2.33 bits per heavy atom. The first-order valence-corrected chi connectivity index (χ1v) is 5.13. The highest BCUT2D eigenvalue weighted by Gasteiger charge is 2.53. The van der Waals surface area contributed by atoms with E-state index in [9.17, 15) is 14.3 Å². The lowest BCUT2D eigenvalue weighted by atomic mass is 10.1. The Labute approximate surface area is 101 Å². The number of nitrogens with zero attached hydrogens (tertiary/aromatic N) is 2. The van der Waals surface area contributed by atoms with Gasteiger partial charge in [-0.3, -0.25) is 10.3 Å². The third-order valence-corrected chi connectivity index (χ3v) is 2.79. The van der Waals surface area contributed by atoms with Crippen LogP contribution in [0.5, 0.6) is 0 Å². The van der Waals surface area contributed by atoms with Crippen LogP contribution in [0.2, 0.25) is 0 Å². The second kappa shape index (κ2) is 4.28. The molecule has 0 unspecified atom stereocenters. The van der Waals surface area contributed by atoms with Gasteiger partial charge in [-0.15, -0.1) is 0 Å². The van der Waals surface area contributed by atoms with Crippen LogP contribution in [-0.2, 0) is 4.74 Å². The Balaban J connectivity index is 2.38. The minimum absolute atomic E-state index is 0.0219. The molecule has 0 saturated carbocycles. The third kappa shape index (κ3) is 1.86. The average Bonchev–Trinajstić information content (AvgIpc) is 2.55. The van der Waals surface area contributed by atoms with Crippen molar-refractivity contribution in [3.05, 3.63) is 22.7 Å². The minimum Gasteiger partial charge on any atom is -0.392 e. The van der Waals surface area contributed by atoms with Gasteiger partial charge in [-0.05, 0) is 6.07 Å². The fraction of sp³-hybridized carbons (Fsp3) is 0.556. The van der Waals surface area contributed by atoms with Gasteiger partial charge in [0.25, 0.3) is 0 Å². The summed E-state index contributed by atoms with van der Waals surface area (Å²) in [6.07, 6.45) is -4.00. The summed E-state index contributed by atoms with van der Waals surface area (Å²) in [5.74, 6) is -0.0219. The van der Waals surface area contributed by atoms with E-state index in [1.807, 2.05) is 0 Å². The van der Waals surface area contributed by atoms with E-state index in [1.54, 1.807) is 0 Å². The van der Waals surface area contributed by atoms with Gasteiger partial charge in [-0.1, -0.05) is 0 Å². The predicted octanol–water partition coefficient (Wildman–Crippen LogP) is -2.30. The summed E-state index contributed by atoms with van der Waals surface area (Å²) in [5.41, 5.74) is 7.98.